The molecule has 5 heterocycles. The van der Waals surface area contributed by atoms with E-state index >= 15 is 0 Å². The van der Waals surface area contributed by atoms with Gasteiger partial charge in [0.05, 0.1) is 0 Å². The lowest BCUT2D eigenvalue weighted by Crippen LogP contribution is -2.71. The number of nitrogens with one attached hydrogen (secondary N) is 2. The zero-order chi connectivity index (χ0) is 26.1. The SMILES string of the molecule is CO/N=C(\C(=O)N[C@@H]1C(=O)N2C(C(=O)O)=C(C[n+]3ccc(-c4ncc[nH]4)cc3)CS[C@@H]12)c1csc(N)n1. The highest BCUT2D eigenvalue weighted by Gasteiger charge is 2.54. The Kier molecular flexibility index (Phi) is 6.62. The van der Waals surface area contributed by atoms with Crippen molar-refractivity contribution in [2.24, 2.45) is 5.16 Å². The molecule has 3 aromatic heterocycles. The van der Waals surface area contributed by atoms with Crippen LogP contribution in [-0.2, 0) is 25.8 Å². The Hall–Kier alpha value is -4.24. The average molecular weight is 542 g/mol. The number of carbonyl (C=O) groups excluding carboxylic acids is 2. The van der Waals surface area contributed by atoms with E-state index < -0.39 is 29.2 Å². The molecule has 2 atom stereocenters. The van der Waals surface area contributed by atoms with Crippen LogP contribution in [0.15, 0.2) is 58.7 Å². The molecule has 5 rings (SSSR count). The molecule has 0 unspecified atom stereocenters. The number of hydrogen-bond acceptors (Lipinski definition) is 10. The topological polar surface area (TPSA) is 180 Å². The number of thioether (sulfide) groups is 1. The summed E-state index contributed by atoms with van der Waals surface area (Å²) in [4.78, 5) is 55.4. The lowest BCUT2D eigenvalue weighted by molar-refractivity contribution is -0.689. The van der Waals surface area contributed by atoms with Gasteiger partial charge in [-0.25, -0.2) is 19.3 Å². The number of pyridine rings is 1. The number of aliphatic carboxylic acids is 1. The summed E-state index contributed by atoms with van der Waals surface area (Å²) in [5.41, 5.74) is 7.14. The number of rotatable bonds is 8. The highest BCUT2D eigenvalue weighted by molar-refractivity contribution is 8.00. The van der Waals surface area contributed by atoms with Gasteiger partial charge in [0.2, 0.25) is 0 Å². The summed E-state index contributed by atoms with van der Waals surface area (Å²) in [6.45, 7) is 0.288. The van der Waals surface area contributed by atoms with E-state index in [0.29, 0.717) is 11.3 Å². The zero-order valence-electron chi connectivity index (χ0n) is 19.3. The Morgan fingerprint density at radius 1 is 1.41 bits per heavy atom. The highest BCUT2D eigenvalue weighted by Crippen LogP contribution is 2.40. The predicted molar refractivity (Wildman–Crippen MR) is 134 cm³/mol. The second kappa shape index (κ2) is 10.0. The van der Waals surface area contributed by atoms with E-state index in [4.69, 9.17) is 10.6 Å². The van der Waals surface area contributed by atoms with Gasteiger partial charge in [-0.05, 0) is 0 Å². The number of anilines is 1. The van der Waals surface area contributed by atoms with E-state index in [0.717, 1.165) is 22.7 Å². The first-order chi connectivity index (χ1) is 17.9. The van der Waals surface area contributed by atoms with Crippen LogP contribution in [0.1, 0.15) is 5.69 Å². The molecule has 2 amide bonds. The second-order valence-corrected chi connectivity index (χ2v) is 10.0. The van der Waals surface area contributed by atoms with Crippen molar-refractivity contribution in [2.45, 2.75) is 18.0 Å². The summed E-state index contributed by atoms with van der Waals surface area (Å²) in [6.07, 6.45) is 7.04. The number of fused-ring (bicyclic) bond motifs is 1. The third-order valence-corrected chi connectivity index (χ3v) is 7.75. The van der Waals surface area contributed by atoms with E-state index in [-0.39, 0.29) is 28.8 Å². The van der Waals surface area contributed by atoms with Gasteiger partial charge in [-0.1, -0.05) is 5.16 Å². The summed E-state index contributed by atoms with van der Waals surface area (Å²) in [6, 6.07) is 2.81. The number of thiazole rings is 1. The van der Waals surface area contributed by atoms with Crippen LogP contribution in [0.2, 0.25) is 0 Å². The molecule has 13 nitrogen and oxygen atoms in total. The van der Waals surface area contributed by atoms with Gasteiger partial charge in [-0.15, -0.1) is 23.1 Å². The molecular weight excluding hydrogens is 520 g/mol. The number of amides is 2. The second-order valence-electron chi connectivity index (χ2n) is 8.01. The number of nitrogens with zero attached hydrogens (tertiary/aromatic N) is 5. The fraction of sp³-hybridized carbons (Fsp3) is 0.227. The van der Waals surface area contributed by atoms with Crippen molar-refractivity contribution < 1.29 is 28.9 Å². The van der Waals surface area contributed by atoms with E-state index in [1.54, 1.807) is 17.8 Å². The molecule has 37 heavy (non-hydrogen) atoms. The van der Waals surface area contributed by atoms with Crippen LogP contribution >= 0.6 is 23.1 Å². The van der Waals surface area contributed by atoms with Gasteiger partial charge in [-0.3, -0.25) is 14.5 Å². The Balaban J connectivity index is 1.32. The normalized spacial score (nSPS) is 19.3. The quantitative estimate of drug-likeness (QED) is 0.134. The van der Waals surface area contributed by atoms with Gasteiger partial charge in [0.1, 0.15) is 35.7 Å². The lowest BCUT2D eigenvalue weighted by atomic mass is 10.0. The van der Waals surface area contributed by atoms with Gasteiger partial charge in [0.25, 0.3) is 11.8 Å². The molecule has 0 radical (unpaired) electrons. The van der Waals surface area contributed by atoms with Crippen molar-refractivity contribution >= 4 is 51.7 Å². The van der Waals surface area contributed by atoms with Crippen LogP contribution < -0.4 is 15.6 Å². The van der Waals surface area contributed by atoms with Crippen LogP contribution in [0.25, 0.3) is 11.4 Å². The standard InChI is InChI=1S/C22H20N8O5S2/c1-35-28-14(13-10-37-22(23)26-13)18(31)27-15-19(32)30-16(21(33)34)12(9-36-20(15)30)8-29-6-2-11(3-7-29)17-24-4-5-25-17/h2-7,10,15,20H,8-9H2,1H3,(H4,23,26,27,31,33,34)/p+1/b28-14-/t15-,20+/m1/s1. The summed E-state index contributed by atoms with van der Waals surface area (Å²) >= 11 is 2.51. The fourth-order valence-corrected chi connectivity index (χ4v) is 5.95. The Morgan fingerprint density at radius 3 is 2.81 bits per heavy atom. The molecule has 1 saturated heterocycles. The molecule has 1 fully saturated rings. The van der Waals surface area contributed by atoms with Crippen molar-refractivity contribution in [3.05, 3.63) is 59.3 Å². The summed E-state index contributed by atoms with van der Waals surface area (Å²) in [7, 11) is 1.28. The first-order valence-corrected chi connectivity index (χ1v) is 12.8. The van der Waals surface area contributed by atoms with Gasteiger partial charge >= 0.3 is 5.97 Å². The molecule has 0 saturated carbocycles. The molecule has 190 valence electrons. The lowest BCUT2D eigenvalue weighted by Gasteiger charge is -2.49. The largest absolute Gasteiger partial charge is 0.477 e. The molecule has 2 aliphatic rings. The molecule has 0 spiro atoms. The van der Waals surface area contributed by atoms with Crippen molar-refractivity contribution in [2.75, 3.05) is 18.6 Å². The first kappa shape index (κ1) is 24.5. The average Bonchev–Trinajstić information content (AvgIpc) is 3.58. The number of imidazole rings is 1. The number of nitrogen functional groups attached to an aromatic ring is 1. The maximum Gasteiger partial charge on any atom is 0.352 e. The maximum atomic E-state index is 13.0. The van der Waals surface area contributed by atoms with Crippen LogP contribution in [0.4, 0.5) is 5.13 Å². The number of aromatic amines is 1. The predicted octanol–water partition coefficient (Wildman–Crippen LogP) is 0.192. The number of H-pyrrole nitrogens is 1. The molecular formula is C22H21N8O5S2+. The van der Waals surface area contributed by atoms with E-state index in [1.807, 2.05) is 29.1 Å². The monoisotopic (exact) mass is 541 g/mol. The number of aromatic nitrogens is 4. The van der Waals surface area contributed by atoms with E-state index in [1.165, 1.54) is 23.8 Å². The summed E-state index contributed by atoms with van der Waals surface area (Å²) in [5.74, 6) is -1.30. The number of hydrogen-bond donors (Lipinski definition) is 4. The van der Waals surface area contributed by atoms with Gasteiger partial charge < -0.3 is 26.0 Å². The molecule has 15 heteroatoms. The van der Waals surface area contributed by atoms with Crippen LogP contribution in [0, 0.1) is 0 Å². The van der Waals surface area contributed by atoms with E-state index in [9.17, 15) is 19.5 Å². The molecule has 2 aliphatic heterocycles. The van der Waals surface area contributed by atoms with E-state index in [2.05, 4.69) is 25.4 Å². The molecule has 5 N–H and O–H groups in total. The molecule has 0 aliphatic carbocycles. The zero-order valence-corrected chi connectivity index (χ0v) is 21.0. The Labute approximate surface area is 218 Å². The van der Waals surface area contributed by atoms with Gasteiger partial charge in [0.15, 0.2) is 29.8 Å². The van der Waals surface area contributed by atoms with Gasteiger partial charge in [0, 0.05) is 46.8 Å². The molecule has 0 aromatic carbocycles. The number of carbonyl (C=O) groups is 3. The number of nitrogens with two attached hydrogens (primary N) is 1. The minimum Gasteiger partial charge on any atom is -0.477 e. The number of carboxylic acids is 1. The van der Waals surface area contributed by atoms with Crippen LogP contribution in [0.3, 0.4) is 0 Å². The van der Waals surface area contributed by atoms with Crippen LogP contribution in [0.5, 0.6) is 0 Å². The third-order valence-electron chi connectivity index (χ3n) is 5.73. The summed E-state index contributed by atoms with van der Waals surface area (Å²) in [5, 5.41) is 17.5. The third kappa shape index (κ3) is 4.65. The fourth-order valence-electron chi connectivity index (χ4n) is 4.07. The first-order valence-electron chi connectivity index (χ1n) is 10.9. The van der Waals surface area contributed by atoms with Crippen molar-refractivity contribution in [1.29, 1.82) is 0 Å². The highest BCUT2D eigenvalue weighted by atomic mass is 32.2. The van der Waals surface area contributed by atoms with Crippen LogP contribution in [-0.4, -0.2) is 72.7 Å². The molecule has 3 aromatic rings. The smallest absolute Gasteiger partial charge is 0.352 e. The number of oxime groups is 1. The maximum absolute atomic E-state index is 13.0. The van der Waals surface area contributed by atoms with Crippen molar-refractivity contribution in [3.8, 4) is 11.4 Å². The van der Waals surface area contributed by atoms with Crippen molar-refractivity contribution in [1.82, 2.24) is 25.2 Å². The number of carboxylic acid groups (broad SMARTS) is 1. The summed E-state index contributed by atoms with van der Waals surface area (Å²) < 4.78 is 1.84. The molecule has 0 bridgehead atoms. The van der Waals surface area contributed by atoms with Crippen molar-refractivity contribution in [3.63, 3.8) is 0 Å². The minimum absolute atomic E-state index is 0.0695. The van der Waals surface area contributed by atoms with Gasteiger partial charge in [-0.2, -0.15) is 0 Å². The Morgan fingerprint density at radius 2 is 2.19 bits per heavy atom. The minimum atomic E-state index is -1.20. The number of β-lactam (4-membered cyclic amide) rings is 1. The Bertz CT molecular complexity index is 1420.